The molecule has 0 spiro atoms. The van der Waals surface area contributed by atoms with E-state index in [1.54, 1.807) is 0 Å². The van der Waals surface area contributed by atoms with E-state index in [0.717, 1.165) is 6.42 Å². The number of aliphatic carboxylic acids is 1. The molecule has 1 saturated carbocycles. The number of esters is 1. The van der Waals surface area contributed by atoms with Gasteiger partial charge in [-0.2, -0.15) is 0 Å². The van der Waals surface area contributed by atoms with E-state index in [-0.39, 0.29) is 18.4 Å². The fourth-order valence-corrected chi connectivity index (χ4v) is 2.80. The summed E-state index contributed by atoms with van der Waals surface area (Å²) < 4.78 is 9.82. The predicted octanol–water partition coefficient (Wildman–Crippen LogP) is 0.699. The molecule has 17 heavy (non-hydrogen) atoms. The third-order valence-corrected chi connectivity index (χ3v) is 3.55. The Hall–Kier alpha value is -1.36. The van der Waals surface area contributed by atoms with Gasteiger partial charge in [0.2, 0.25) is 0 Å². The van der Waals surface area contributed by atoms with Crippen LogP contribution in [0, 0.1) is 23.7 Å². The van der Waals surface area contributed by atoms with E-state index < -0.39 is 23.8 Å². The van der Waals surface area contributed by atoms with Gasteiger partial charge in [0.05, 0.1) is 18.4 Å². The molecule has 1 N–H and O–H groups in total. The van der Waals surface area contributed by atoms with Gasteiger partial charge in [-0.25, -0.2) is 0 Å². The Bertz CT molecular complexity index is 349. The molecule has 2 aliphatic carbocycles. The quantitative estimate of drug-likeness (QED) is 0.435. The van der Waals surface area contributed by atoms with Crippen molar-refractivity contribution in [2.45, 2.75) is 6.42 Å². The van der Waals surface area contributed by atoms with Crippen LogP contribution in [0.5, 0.6) is 0 Å². The highest BCUT2D eigenvalue weighted by atomic mass is 16.6. The normalized spacial score (nSPS) is 33.9. The first kappa shape index (κ1) is 12.1. The van der Waals surface area contributed by atoms with Crippen molar-refractivity contribution in [3.8, 4) is 0 Å². The second-order valence-electron chi connectivity index (χ2n) is 4.50. The van der Waals surface area contributed by atoms with Gasteiger partial charge < -0.3 is 14.6 Å². The largest absolute Gasteiger partial charge is 0.481 e. The molecule has 5 nitrogen and oxygen atoms in total. The molecule has 0 unspecified atom stereocenters. The molecule has 0 aliphatic heterocycles. The lowest BCUT2D eigenvalue weighted by Crippen LogP contribution is -2.34. The van der Waals surface area contributed by atoms with Gasteiger partial charge in [0.25, 0.3) is 0 Å². The number of carbonyl (C=O) groups excluding carboxylic acids is 1. The van der Waals surface area contributed by atoms with Crippen LogP contribution < -0.4 is 0 Å². The van der Waals surface area contributed by atoms with Crippen LogP contribution in [-0.2, 0) is 19.1 Å². The van der Waals surface area contributed by atoms with E-state index in [0.29, 0.717) is 6.61 Å². The van der Waals surface area contributed by atoms with Gasteiger partial charge in [0.1, 0.15) is 6.61 Å². The predicted molar refractivity (Wildman–Crippen MR) is 58.2 cm³/mol. The maximum atomic E-state index is 11.8. The van der Waals surface area contributed by atoms with E-state index in [1.807, 2.05) is 12.2 Å². The van der Waals surface area contributed by atoms with Crippen molar-refractivity contribution in [1.29, 1.82) is 0 Å². The second kappa shape index (κ2) is 4.87. The molecule has 0 saturated heterocycles. The fourth-order valence-electron chi connectivity index (χ4n) is 2.80. The number of ether oxygens (including phenoxy) is 2. The third-order valence-electron chi connectivity index (χ3n) is 3.55. The number of methoxy groups -OCH3 is 1. The van der Waals surface area contributed by atoms with Crippen molar-refractivity contribution < 1.29 is 24.2 Å². The minimum atomic E-state index is -0.907. The summed E-state index contributed by atoms with van der Waals surface area (Å²) in [5.41, 5.74) is 0. The first-order chi connectivity index (χ1) is 8.15. The topological polar surface area (TPSA) is 72.8 Å². The van der Waals surface area contributed by atoms with Gasteiger partial charge in [-0.05, 0) is 18.3 Å². The Labute approximate surface area is 99.4 Å². The zero-order valence-electron chi connectivity index (χ0n) is 9.67. The van der Waals surface area contributed by atoms with E-state index >= 15 is 0 Å². The zero-order valence-corrected chi connectivity index (χ0v) is 9.67. The molecule has 5 heteroatoms. The number of hydrogen-bond acceptors (Lipinski definition) is 4. The molecule has 0 aromatic carbocycles. The van der Waals surface area contributed by atoms with Crippen molar-refractivity contribution in [2.75, 3.05) is 20.3 Å². The minimum absolute atomic E-state index is 0.0162. The van der Waals surface area contributed by atoms with Crippen LogP contribution in [0.3, 0.4) is 0 Å². The van der Waals surface area contributed by atoms with Gasteiger partial charge in [0, 0.05) is 7.11 Å². The zero-order chi connectivity index (χ0) is 12.4. The molecule has 0 radical (unpaired) electrons. The number of carboxylic acid groups (broad SMARTS) is 1. The summed E-state index contributed by atoms with van der Waals surface area (Å²) in [6.07, 6.45) is 4.59. The fraction of sp³-hybridized carbons (Fsp3) is 0.667. The van der Waals surface area contributed by atoms with Crippen LogP contribution in [0.2, 0.25) is 0 Å². The number of rotatable bonds is 5. The third kappa shape index (κ3) is 2.20. The Balaban J connectivity index is 2.01. The Morgan fingerprint density at radius 1 is 1.24 bits per heavy atom. The highest BCUT2D eigenvalue weighted by molar-refractivity contribution is 5.83. The number of allylic oxidation sites excluding steroid dienone is 2. The summed E-state index contributed by atoms with van der Waals surface area (Å²) in [5, 5.41) is 9.16. The summed E-state index contributed by atoms with van der Waals surface area (Å²) in [6.45, 7) is 0.513. The smallest absolute Gasteiger partial charge is 0.310 e. The van der Waals surface area contributed by atoms with Crippen molar-refractivity contribution in [3.05, 3.63) is 12.2 Å². The molecular weight excluding hydrogens is 224 g/mol. The summed E-state index contributed by atoms with van der Waals surface area (Å²) in [6, 6.07) is 0. The van der Waals surface area contributed by atoms with Crippen molar-refractivity contribution in [1.82, 2.24) is 0 Å². The van der Waals surface area contributed by atoms with Crippen molar-refractivity contribution >= 4 is 11.9 Å². The van der Waals surface area contributed by atoms with E-state index in [4.69, 9.17) is 14.6 Å². The van der Waals surface area contributed by atoms with Crippen LogP contribution in [0.15, 0.2) is 12.2 Å². The number of carboxylic acids is 1. The molecule has 1 fully saturated rings. The van der Waals surface area contributed by atoms with Gasteiger partial charge in [-0.1, -0.05) is 12.2 Å². The lowest BCUT2D eigenvalue weighted by atomic mass is 9.83. The maximum Gasteiger partial charge on any atom is 0.310 e. The monoisotopic (exact) mass is 240 g/mol. The van der Waals surface area contributed by atoms with Gasteiger partial charge in [-0.3, -0.25) is 9.59 Å². The average Bonchev–Trinajstić information content (AvgIpc) is 2.88. The second-order valence-corrected chi connectivity index (χ2v) is 4.50. The Kier molecular flexibility index (Phi) is 3.47. The van der Waals surface area contributed by atoms with Gasteiger partial charge in [0.15, 0.2) is 0 Å². The van der Waals surface area contributed by atoms with Crippen LogP contribution in [0.1, 0.15) is 6.42 Å². The van der Waals surface area contributed by atoms with Crippen LogP contribution in [-0.4, -0.2) is 37.4 Å². The minimum Gasteiger partial charge on any atom is -0.481 e. The molecule has 4 atom stereocenters. The molecule has 0 aromatic rings. The number of hydrogen-bond donors (Lipinski definition) is 1. The van der Waals surface area contributed by atoms with Crippen molar-refractivity contribution in [3.63, 3.8) is 0 Å². The maximum absolute atomic E-state index is 11.8. The highest BCUT2D eigenvalue weighted by Gasteiger charge is 2.52. The lowest BCUT2D eigenvalue weighted by Gasteiger charge is -2.22. The Morgan fingerprint density at radius 3 is 2.47 bits per heavy atom. The standard InChI is InChI=1S/C12H16O5/c1-16-4-5-17-12(15)10-8-3-2-7(6-8)9(10)11(13)14/h2-3,7-10H,4-6H2,1H3,(H,13,14)/t7-,8+,9+,10-/m0/s1. The van der Waals surface area contributed by atoms with Crippen LogP contribution in [0.25, 0.3) is 0 Å². The first-order valence-electron chi connectivity index (χ1n) is 5.72. The average molecular weight is 240 g/mol. The number of fused-ring (bicyclic) bond motifs is 2. The molecule has 2 rings (SSSR count). The van der Waals surface area contributed by atoms with Gasteiger partial charge >= 0.3 is 11.9 Å². The summed E-state index contributed by atoms with van der Waals surface area (Å²) in [7, 11) is 1.52. The summed E-state index contributed by atoms with van der Waals surface area (Å²) >= 11 is 0. The van der Waals surface area contributed by atoms with E-state index in [1.165, 1.54) is 7.11 Å². The van der Waals surface area contributed by atoms with Crippen LogP contribution in [0.4, 0.5) is 0 Å². The molecule has 0 aromatic heterocycles. The van der Waals surface area contributed by atoms with E-state index in [2.05, 4.69) is 0 Å². The molecule has 2 aliphatic rings. The molecule has 94 valence electrons. The summed E-state index contributed by atoms with van der Waals surface area (Å²) in [5.74, 6) is -2.46. The molecule has 0 heterocycles. The van der Waals surface area contributed by atoms with Crippen molar-refractivity contribution in [2.24, 2.45) is 23.7 Å². The lowest BCUT2D eigenvalue weighted by molar-refractivity contribution is -0.159. The Morgan fingerprint density at radius 2 is 1.88 bits per heavy atom. The summed E-state index contributed by atoms with van der Waals surface area (Å²) in [4.78, 5) is 23.0. The molecular formula is C12H16O5. The highest BCUT2D eigenvalue weighted by Crippen LogP contribution is 2.48. The molecule has 0 amide bonds. The van der Waals surface area contributed by atoms with E-state index in [9.17, 15) is 9.59 Å². The number of carbonyl (C=O) groups is 2. The SMILES string of the molecule is COCCOC(=O)[C@@H]1[C@H](C(=O)O)[C@H]2C=C[C@@H]1C2. The first-order valence-corrected chi connectivity index (χ1v) is 5.72. The molecule has 2 bridgehead atoms. The van der Waals surface area contributed by atoms with Crippen LogP contribution >= 0.6 is 0 Å². The van der Waals surface area contributed by atoms with Gasteiger partial charge in [-0.15, -0.1) is 0 Å².